The van der Waals surface area contributed by atoms with Crippen LogP contribution in [0.4, 0.5) is 0 Å². The van der Waals surface area contributed by atoms with E-state index in [2.05, 4.69) is 180 Å². The van der Waals surface area contributed by atoms with Crippen LogP contribution in [0.25, 0.3) is 77.4 Å². The zero-order valence-electron chi connectivity index (χ0n) is 29.8. The first-order valence-corrected chi connectivity index (χ1v) is 18.1. The van der Waals surface area contributed by atoms with E-state index in [9.17, 15) is 0 Å². The van der Waals surface area contributed by atoms with Gasteiger partial charge in [-0.05, 0) is 103 Å². The van der Waals surface area contributed by atoms with Crippen molar-refractivity contribution in [2.75, 3.05) is 0 Å². The summed E-state index contributed by atoms with van der Waals surface area (Å²) >= 11 is 0. The molecule has 2 aliphatic carbocycles. The predicted molar refractivity (Wildman–Crippen MR) is 215 cm³/mol. The van der Waals surface area contributed by atoms with Crippen molar-refractivity contribution < 1.29 is 0 Å². The second-order valence-corrected chi connectivity index (χ2v) is 15.6. The summed E-state index contributed by atoms with van der Waals surface area (Å²) in [6.45, 7) is 11.6. The second kappa shape index (κ2) is 10.6. The number of hydrogen-bond donors (Lipinski definition) is 0. The van der Waals surface area contributed by atoms with E-state index in [-0.39, 0.29) is 10.8 Å². The molecule has 1 heterocycles. The standard InChI is InChI=1S/C50H39N/c1-30-18-20-31(21-19-30)47-29-41(33-23-25-38-36-14-9-11-17-44(36)50(4,5)46(38)27-33)42-28-40(34-12-6-7-15-39(34)48(42)51-47)32-22-24-37-35-13-8-10-16-43(35)49(2,3)45(37)26-32/h6-29H,1-5H3. The van der Waals surface area contributed by atoms with Crippen LogP contribution in [-0.4, -0.2) is 4.98 Å². The number of benzene rings is 7. The molecule has 244 valence electrons. The van der Waals surface area contributed by atoms with Crippen LogP contribution in [0.2, 0.25) is 0 Å². The molecule has 0 aliphatic heterocycles. The smallest absolute Gasteiger partial charge is 0.0794 e. The highest BCUT2D eigenvalue weighted by atomic mass is 14.7. The molecule has 0 amide bonds. The van der Waals surface area contributed by atoms with Gasteiger partial charge < -0.3 is 0 Å². The molecule has 0 radical (unpaired) electrons. The number of nitrogens with zero attached hydrogens (tertiary/aromatic N) is 1. The number of hydrogen-bond acceptors (Lipinski definition) is 1. The van der Waals surface area contributed by atoms with Gasteiger partial charge in [0.15, 0.2) is 0 Å². The van der Waals surface area contributed by atoms with Gasteiger partial charge in [-0.1, -0.05) is 155 Å². The Balaban J connectivity index is 1.25. The van der Waals surface area contributed by atoms with Crippen LogP contribution in [0.5, 0.6) is 0 Å². The average Bonchev–Trinajstić information content (AvgIpc) is 3.53. The molecule has 1 nitrogen and oxygen atoms in total. The number of aromatic nitrogens is 1. The minimum absolute atomic E-state index is 0.0704. The van der Waals surface area contributed by atoms with E-state index in [0.717, 1.165) is 16.8 Å². The molecule has 51 heavy (non-hydrogen) atoms. The molecule has 0 atom stereocenters. The monoisotopic (exact) mass is 653 g/mol. The lowest BCUT2D eigenvalue weighted by molar-refractivity contribution is 0.660. The lowest BCUT2D eigenvalue weighted by atomic mass is 9.81. The molecule has 0 fully saturated rings. The molecule has 7 aromatic carbocycles. The summed E-state index contributed by atoms with van der Waals surface area (Å²) in [6, 6.07) is 54.4. The molecule has 0 saturated carbocycles. The first-order chi connectivity index (χ1) is 24.7. The van der Waals surface area contributed by atoms with Crippen molar-refractivity contribution in [2.45, 2.75) is 45.4 Å². The summed E-state index contributed by atoms with van der Waals surface area (Å²) in [5, 5.41) is 3.58. The quantitative estimate of drug-likeness (QED) is 0.173. The number of aryl methyl sites for hydroxylation is 1. The highest BCUT2D eigenvalue weighted by molar-refractivity contribution is 6.16. The molecule has 0 unspecified atom stereocenters. The van der Waals surface area contributed by atoms with Gasteiger partial charge in [0.1, 0.15) is 0 Å². The topological polar surface area (TPSA) is 12.9 Å². The summed E-state index contributed by atoms with van der Waals surface area (Å²) in [5.41, 5.74) is 20.1. The van der Waals surface area contributed by atoms with E-state index >= 15 is 0 Å². The molecule has 8 aromatic rings. The van der Waals surface area contributed by atoms with Gasteiger partial charge in [-0.15, -0.1) is 0 Å². The van der Waals surface area contributed by atoms with Crippen LogP contribution < -0.4 is 0 Å². The van der Waals surface area contributed by atoms with E-state index in [4.69, 9.17) is 4.98 Å². The minimum atomic E-state index is -0.0861. The SMILES string of the molecule is Cc1ccc(-c2cc(-c3ccc4c(c3)C(C)(C)c3ccccc3-4)c3cc(-c4ccc5c(c4)C(C)(C)c4ccccc4-5)c4ccccc4c3n2)cc1. The molecule has 0 bridgehead atoms. The Bertz CT molecular complexity index is 2740. The Morgan fingerprint density at radius 2 is 0.843 bits per heavy atom. The van der Waals surface area contributed by atoms with E-state index in [1.807, 2.05) is 0 Å². The van der Waals surface area contributed by atoms with Crippen molar-refractivity contribution in [3.05, 3.63) is 173 Å². The number of pyridine rings is 1. The van der Waals surface area contributed by atoms with E-state index in [1.165, 1.54) is 88.5 Å². The highest BCUT2D eigenvalue weighted by Crippen LogP contribution is 2.52. The highest BCUT2D eigenvalue weighted by Gasteiger charge is 2.36. The van der Waals surface area contributed by atoms with Crippen LogP contribution in [0, 0.1) is 6.92 Å². The van der Waals surface area contributed by atoms with Gasteiger partial charge in [-0.25, -0.2) is 4.98 Å². The zero-order valence-corrected chi connectivity index (χ0v) is 29.8. The average molecular weight is 654 g/mol. The molecule has 2 aliphatic rings. The third kappa shape index (κ3) is 4.31. The van der Waals surface area contributed by atoms with Crippen molar-refractivity contribution in [3.8, 4) is 55.8 Å². The van der Waals surface area contributed by atoms with Crippen LogP contribution in [-0.2, 0) is 10.8 Å². The van der Waals surface area contributed by atoms with Gasteiger partial charge in [0.2, 0.25) is 0 Å². The Kier molecular flexibility index (Phi) is 6.25. The molecular formula is C50H39N. The van der Waals surface area contributed by atoms with Crippen molar-refractivity contribution in [1.29, 1.82) is 0 Å². The third-order valence-electron chi connectivity index (χ3n) is 12.0. The van der Waals surface area contributed by atoms with Gasteiger partial charge in [0, 0.05) is 27.2 Å². The van der Waals surface area contributed by atoms with Crippen molar-refractivity contribution in [2.24, 2.45) is 0 Å². The van der Waals surface area contributed by atoms with Crippen molar-refractivity contribution in [1.82, 2.24) is 4.98 Å². The maximum Gasteiger partial charge on any atom is 0.0794 e. The fraction of sp³-hybridized carbons (Fsp3) is 0.140. The van der Waals surface area contributed by atoms with Gasteiger partial charge in [0.05, 0.1) is 11.2 Å². The Morgan fingerprint density at radius 1 is 0.373 bits per heavy atom. The first-order valence-electron chi connectivity index (χ1n) is 18.1. The van der Waals surface area contributed by atoms with Crippen LogP contribution in [0.3, 0.4) is 0 Å². The molecule has 1 aromatic heterocycles. The summed E-state index contributed by atoms with van der Waals surface area (Å²) < 4.78 is 0. The van der Waals surface area contributed by atoms with Crippen LogP contribution in [0.1, 0.15) is 55.5 Å². The lowest BCUT2D eigenvalue weighted by Gasteiger charge is -2.23. The molecule has 0 spiro atoms. The maximum absolute atomic E-state index is 5.47. The fourth-order valence-corrected chi connectivity index (χ4v) is 9.15. The molecule has 0 saturated heterocycles. The summed E-state index contributed by atoms with van der Waals surface area (Å²) in [7, 11) is 0. The summed E-state index contributed by atoms with van der Waals surface area (Å²) in [5.74, 6) is 0. The van der Waals surface area contributed by atoms with E-state index < -0.39 is 0 Å². The van der Waals surface area contributed by atoms with Gasteiger partial charge >= 0.3 is 0 Å². The molecule has 1 heteroatoms. The zero-order chi connectivity index (χ0) is 34.6. The maximum atomic E-state index is 5.47. The first kappa shape index (κ1) is 30.1. The molecule has 0 N–H and O–H groups in total. The lowest BCUT2D eigenvalue weighted by Crippen LogP contribution is -2.15. The Morgan fingerprint density at radius 3 is 1.43 bits per heavy atom. The van der Waals surface area contributed by atoms with Gasteiger partial charge in [0.25, 0.3) is 0 Å². The van der Waals surface area contributed by atoms with Crippen LogP contribution in [0.15, 0.2) is 146 Å². The summed E-state index contributed by atoms with van der Waals surface area (Å²) in [4.78, 5) is 5.47. The van der Waals surface area contributed by atoms with E-state index in [0.29, 0.717) is 0 Å². The largest absolute Gasteiger partial charge is 0.247 e. The van der Waals surface area contributed by atoms with Crippen molar-refractivity contribution >= 4 is 21.7 Å². The van der Waals surface area contributed by atoms with Gasteiger partial charge in [-0.3, -0.25) is 0 Å². The normalized spacial score (nSPS) is 14.7. The number of rotatable bonds is 3. The molecular weight excluding hydrogens is 615 g/mol. The van der Waals surface area contributed by atoms with Gasteiger partial charge in [-0.2, -0.15) is 0 Å². The van der Waals surface area contributed by atoms with Crippen LogP contribution >= 0.6 is 0 Å². The third-order valence-corrected chi connectivity index (χ3v) is 12.0. The van der Waals surface area contributed by atoms with E-state index in [1.54, 1.807) is 0 Å². The minimum Gasteiger partial charge on any atom is -0.247 e. The fourth-order valence-electron chi connectivity index (χ4n) is 9.15. The molecule has 10 rings (SSSR count). The number of fused-ring (bicyclic) bond motifs is 9. The Labute approximate surface area is 300 Å². The van der Waals surface area contributed by atoms with Crippen molar-refractivity contribution in [3.63, 3.8) is 0 Å². The second-order valence-electron chi connectivity index (χ2n) is 15.6. The summed E-state index contributed by atoms with van der Waals surface area (Å²) in [6.07, 6.45) is 0. The predicted octanol–water partition coefficient (Wildman–Crippen LogP) is 13.3. The Hall–Kier alpha value is -5.79.